The zero-order valence-electron chi connectivity index (χ0n) is 7.08. The van der Waals surface area contributed by atoms with E-state index in [4.69, 9.17) is 0 Å². The van der Waals surface area contributed by atoms with Crippen LogP contribution >= 0.6 is 11.8 Å². The van der Waals surface area contributed by atoms with Gasteiger partial charge in [-0.1, -0.05) is 0 Å². The van der Waals surface area contributed by atoms with Crippen molar-refractivity contribution in [3.05, 3.63) is 24.5 Å². The first-order valence-electron chi connectivity index (χ1n) is 3.86. The Balaban J connectivity index is 2.27. The van der Waals surface area contributed by atoms with Crippen molar-refractivity contribution in [1.29, 1.82) is 0 Å². The predicted octanol–water partition coefficient (Wildman–Crippen LogP) is 2.59. The number of thioether (sulfide) groups is 1. The predicted molar refractivity (Wildman–Crippen MR) is 53.0 cm³/mol. The van der Waals surface area contributed by atoms with Crippen molar-refractivity contribution in [2.45, 2.75) is 18.2 Å². The fourth-order valence-corrected chi connectivity index (χ4v) is 1.53. The average molecular weight is 177 g/mol. The van der Waals surface area contributed by atoms with E-state index in [1.54, 1.807) is 0 Å². The summed E-state index contributed by atoms with van der Waals surface area (Å²) >= 11 is 1.82. The molecule has 0 aliphatic carbocycles. The molecule has 12 heavy (non-hydrogen) atoms. The van der Waals surface area contributed by atoms with Gasteiger partial charge in [0.2, 0.25) is 0 Å². The summed E-state index contributed by atoms with van der Waals surface area (Å²) in [5, 5.41) is 0. The highest BCUT2D eigenvalue weighted by Crippen LogP contribution is 2.16. The van der Waals surface area contributed by atoms with Gasteiger partial charge >= 0.3 is 0 Å². The highest BCUT2D eigenvalue weighted by Gasteiger charge is 1.89. The van der Waals surface area contributed by atoms with Crippen LogP contribution in [-0.4, -0.2) is 10.7 Å². The monoisotopic (exact) mass is 177 g/mol. The van der Waals surface area contributed by atoms with E-state index in [0.717, 1.165) is 12.2 Å². The molecular weight excluding hydrogens is 166 g/mol. The normalized spacial score (nSPS) is 8.75. The van der Waals surface area contributed by atoms with Crippen LogP contribution in [0.1, 0.15) is 13.3 Å². The quantitative estimate of drug-likeness (QED) is 0.400. The molecule has 0 N–H and O–H groups in total. The van der Waals surface area contributed by atoms with Crippen LogP contribution < -0.4 is 0 Å². The van der Waals surface area contributed by atoms with Crippen LogP contribution in [0.25, 0.3) is 0 Å². The minimum Gasteiger partial charge on any atom is -0.265 e. The van der Waals surface area contributed by atoms with Gasteiger partial charge in [0.15, 0.2) is 0 Å². The molecule has 1 rings (SSSR count). The second-order valence-corrected chi connectivity index (χ2v) is 3.38. The van der Waals surface area contributed by atoms with Gasteiger partial charge < -0.3 is 0 Å². The van der Waals surface area contributed by atoms with E-state index in [1.165, 1.54) is 4.90 Å². The average Bonchev–Trinajstić information content (AvgIpc) is 2.14. The lowest BCUT2D eigenvalue weighted by molar-refractivity contribution is 1.24. The minimum absolute atomic E-state index is 0.962. The van der Waals surface area contributed by atoms with Crippen molar-refractivity contribution in [3.8, 4) is 11.8 Å². The number of hydrogen-bond donors (Lipinski definition) is 0. The molecule has 1 heterocycles. The van der Waals surface area contributed by atoms with Crippen molar-refractivity contribution in [1.82, 2.24) is 4.98 Å². The van der Waals surface area contributed by atoms with E-state index in [0.29, 0.717) is 0 Å². The standard InChI is InChI=1S/C10H11NS/c1-2-3-4-9-12-10-5-7-11-8-6-10/h5-8H,4,9H2,1H3. The summed E-state index contributed by atoms with van der Waals surface area (Å²) in [4.78, 5) is 5.22. The molecule has 0 bridgehead atoms. The Kier molecular flexibility index (Phi) is 4.33. The second-order valence-electron chi connectivity index (χ2n) is 2.21. The molecular formula is C10H11NS. The first kappa shape index (κ1) is 9.15. The molecule has 1 nitrogen and oxygen atoms in total. The molecule has 0 aromatic carbocycles. The van der Waals surface area contributed by atoms with E-state index in [-0.39, 0.29) is 0 Å². The molecule has 0 aliphatic rings. The van der Waals surface area contributed by atoms with Crippen LogP contribution in [0.3, 0.4) is 0 Å². The second kappa shape index (κ2) is 5.68. The molecule has 0 aliphatic heterocycles. The number of aromatic nitrogens is 1. The highest BCUT2D eigenvalue weighted by molar-refractivity contribution is 7.99. The van der Waals surface area contributed by atoms with Gasteiger partial charge in [-0.3, -0.25) is 4.98 Å². The molecule has 0 unspecified atom stereocenters. The van der Waals surface area contributed by atoms with Gasteiger partial charge in [0.1, 0.15) is 0 Å². The van der Waals surface area contributed by atoms with E-state index in [2.05, 4.69) is 16.8 Å². The fourth-order valence-electron chi connectivity index (χ4n) is 0.779. The highest BCUT2D eigenvalue weighted by atomic mass is 32.2. The Hall–Kier alpha value is -0.940. The maximum Gasteiger partial charge on any atom is 0.0278 e. The molecule has 0 atom stereocenters. The van der Waals surface area contributed by atoms with E-state index >= 15 is 0 Å². The van der Waals surface area contributed by atoms with E-state index < -0.39 is 0 Å². The number of nitrogens with zero attached hydrogens (tertiary/aromatic N) is 1. The van der Waals surface area contributed by atoms with Crippen molar-refractivity contribution in [2.75, 3.05) is 5.75 Å². The van der Waals surface area contributed by atoms with Gasteiger partial charge in [0.25, 0.3) is 0 Å². The van der Waals surface area contributed by atoms with Crippen molar-refractivity contribution in [3.63, 3.8) is 0 Å². The first-order valence-corrected chi connectivity index (χ1v) is 4.84. The van der Waals surface area contributed by atoms with Crippen LogP contribution in [0.15, 0.2) is 29.4 Å². The molecule has 0 saturated carbocycles. The number of hydrogen-bond acceptors (Lipinski definition) is 2. The van der Waals surface area contributed by atoms with Gasteiger partial charge in [-0.05, 0) is 19.1 Å². The zero-order chi connectivity index (χ0) is 8.65. The molecule has 0 spiro atoms. The zero-order valence-corrected chi connectivity index (χ0v) is 7.90. The van der Waals surface area contributed by atoms with E-state index in [9.17, 15) is 0 Å². The molecule has 0 fully saturated rings. The Labute approximate surface area is 77.6 Å². The van der Waals surface area contributed by atoms with Gasteiger partial charge in [0, 0.05) is 29.5 Å². The Morgan fingerprint density at radius 3 is 2.83 bits per heavy atom. The molecule has 0 amide bonds. The topological polar surface area (TPSA) is 12.9 Å². The van der Waals surface area contributed by atoms with Crippen LogP contribution in [0.4, 0.5) is 0 Å². The maximum absolute atomic E-state index is 3.95. The lowest BCUT2D eigenvalue weighted by Gasteiger charge is -1.95. The lowest BCUT2D eigenvalue weighted by atomic mass is 10.5. The number of pyridine rings is 1. The van der Waals surface area contributed by atoms with Crippen LogP contribution in [0, 0.1) is 11.8 Å². The van der Waals surface area contributed by atoms with Crippen molar-refractivity contribution in [2.24, 2.45) is 0 Å². The first-order chi connectivity index (χ1) is 5.93. The Morgan fingerprint density at radius 1 is 1.42 bits per heavy atom. The van der Waals surface area contributed by atoms with Crippen molar-refractivity contribution >= 4 is 11.8 Å². The number of rotatable bonds is 3. The third-order valence-corrected chi connectivity index (χ3v) is 2.34. The molecule has 62 valence electrons. The maximum atomic E-state index is 3.95. The largest absolute Gasteiger partial charge is 0.265 e. The van der Waals surface area contributed by atoms with Crippen LogP contribution in [-0.2, 0) is 0 Å². The molecule has 0 radical (unpaired) electrons. The van der Waals surface area contributed by atoms with Gasteiger partial charge in [-0.2, -0.15) is 0 Å². The smallest absolute Gasteiger partial charge is 0.0278 e. The minimum atomic E-state index is 0.962. The summed E-state index contributed by atoms with van der Waals surface area (Å²) in [7, 11) is 0. The van der Waals surface area contributed by atoms with E-state index in [1.807, 2.05) is 43.2 Å². The third-order valence-electron chi connectivity index (χ3n) is 1.32. The molecule has 1 aromatic heterocycles. The SMILES string of the molecule is CC#CCCSc1ccncc1. The van der Waals surface area contributed by atoms with Crippen LogP contribution in [0.2, 0.25) is 0 Å². The Morgan fingerprint density at radius 2 is 2.17 bits per heavy atom. The summed E-state index contributed by atoms with van der Waals surface area (Å²) in [5.74, 6) is 6.97. The van der Waals surface area contributed by atoms with Crippen molar-refractivity contribution < 1.29 is 0 Å². The Bertz CT molecular complexity index is 271. The van der Waals surface area contributed by atoms with Gasteiger partial charge in [-0.25, -0.2) is 0 Å². The molecule has 1 aromatic rings. The summed E-state index contributed by atoms with van der Waals surface area (Å²) in [6.07, 6.45) is 4.59. The lowest BCUT2D eigenvalue weighted by Crippen LogP contribution is -1.77. The van der Waals surface area contributed by atoms with Gasteiger partial charge in [-0.15, -0.1) is 23.6 Å². The fraction of sp³-hybridized carbons (Fsp3) is 0.300. The summed E-state index contributed by atoms with van der Waals surface area (Å²) in [6.45, 7) is 1.87. The summed E-state index contributed by atoms with van der Waals surface area (Å²) in [6, 6.07) is 4.04. The molecule has 2 heteroatoms. The van der Waals surface area contributed by atoms with Gasteiger partial charge in [0.05, 0.1) is 0 Å². The summed E-state index contributed by atoms with van der Waals surface area (Å²) in [5.41, 5.74) is 0. The third kappa shape index (κ3) is 3.45. The molecule has 0 saturated heterocycles. The van der Waals surface area contributed by atoms with Crippen LogP contribution in [0.5, 0.6) is 0 Å². The summed E-state index contributed by atoms with van der Waals surface area (Å²) < 4.78 is 0.